The van der Waals surface area contributed by atoms with Crippen LogP contribution in [0.15, 0.2) is 40.7 Å². The lowest BCUT2D eigenvalue weighted by Crippen LogP contribution is -2.21. The van der Waals surface area contributed by atoms with Crippen molar-refractivity contribution in [2.24, 2.45) is 22.6 Å². The zero-order chi connectivity index (χ0) is 14.7. The van der Waals surface area contributed by atoms with Crippen LogP contribution in [0.1, 0.15) is 37.8 Å². The van der Waals surface area contributed by atoms with Crippen LogP contribution in [0.5, 0.6) is 0 Å². The monoisotopic (exact) mass is 272 g/mol. The van der Waals surface area contributed by atoms with Crippen LogP contribution in [0, 0.1) is 18.8 Å². The molecule has 0 fully saturated rings. The van der Waals surface area contributed by atoms with Gasteiger partial charge in [0.25, 0.3) is 0 Å². The largest absolute Gasteiger partial charge is 0.510 e. The molecule has 0 saturated carbocycles. The van der Waals surface area contributed by atoms with E-state index in [0.29, 0.717) is 30.4 Å². The second kappa shape index (κ2) is 6.12. The van der Waals surface area contributed by atoms with Gasteiger partial charge in [0.1, 0.15) is 11.6 Å². The number of rotatable bonds is 3. The Balaban J connectivity index is 2.15. The van der Waals surface area contributed by atoms with E-state index in [-0.39, 0.29) is 5.92 Å². The topological polar surface area (TPSA) is 58.6 Å². The molecular formula is C17H24N2O. The van der Waals surface area contributed by atoms with Crippen LogP contribution in [0.2, 0.25) is 0 Å². The van der Waals surface area contributed by atoms with Gasteiger partial charge in [-0.3, -0.25) is 0 Å². The number of aliphatic hydroxyl groups excluding tert-OH is 1. The summed E-state index contributed by atoms with van der Waals surface area (Å²) in [5.74, 6) is 1.77. The summed E-state index contributed by atoms with van der Waals surface area (Å²) in [5.41, 5.74) is 9.20. The molecule has 0 amide bonds. The highest BCUT2D eigenvalue weighted by molar-refractivity contribution is 5.83. The molecule has 0 saturated heterocycles. The lowest BCUT2D eigenvalue weighted by atomic mass is 9.83. The summed E-state index contributed by atoms with van der Waals surface area (Å²) in [7, 11) is 0. The van der Waals surface area contributed by atoms with Crippen LogP contribution in [0.25, 0.3) is 0 Å². The van der Waals surface area contributed by atoms with Crippen molar-refractivity contribution in [3.63, 3.8) is 0 Å². The Bertz CT molecular complexity index is 528. The van der Waals surface area contributed by atoms with E-state index in [1.807, 2.05) is 0 Å². The molecule has 1 aromatic carbocycles. The molecule has 20 heavy (non-hydrogen) atoms. The molecule has 1 aliphatic carbocycles. The summed E-state index contributed by atoms with van der Waals surface area (Å²) in [6, 6.07) is 8.28. The van der Waals surface area contributed by atoms with E-state index in [1.165, 1.54) is 5.56 Å². The van der Waals surface area contributed by atoms with Gasteiger partial charge >= 0.3 is 0 Å². The molecule has 0 aromatic heterocycles. The van der Waals surface area contributed by atoms with Crippen LogP contribution in [0.3, 0.4) is 0 Å². The predicted octanol–water partition coefficient (Wildman–Crippen LogP) is 3.73. The van der Waals surface area contributed by atoms with Gasteiger partial charge in [-0.2, -0.15) is 0 Å². The van der Waals surface area contributed by atoms with Crippen molar-refractivity contribution in [3.8, 4) is 0 Å². The van der Waals surface area contributed by atoms with Crippen molar-refractivity contribution in [2.75, 3.05) is 0 Å². The molecule has 0 aliphatic heterocycles. The summed E-state index contributed by atoms with van der Waals surface area (Å²) < 4.78 is 0. The van der Waals surface area contributed by atoms with E-state index in [4.69, 9.17) is 5.73 Å². The molecule has 2 unspecified atom stereocenters. The Morgan fingerprint density at radius 2 is 1.95 bits per heavy atom. The molecule has 3 nitrogen and oxygen atoms in total. The average molecular weight is 272 g/mol. The maximum Gasteiger partial charge on any atom is 0.114 e. The van der Waals surface area contributed by atoms with E-state index in [1.54, 1.807) is 0 Å². The van der Waals surface area contributed by atoms with Gasteiger partial charge in [-0.1, -0.05) is 43.7 Å². The first kappa shape index (κ1) is 14.6. The Kier molecular flexibility index (Phi) is 4.48. The number of nitrogens with two attached hydrogens (primary N) is 1. The molecule has 108 valence electrons. The van der Waals surface area contributed by atoms with Gasteiger partial charge < -0.3 is 10.8 Å². The smallest absolute Gasteiger partial charge is 0.114 e. The molecular weight excluding hydrogens is 248 g/mol. The minimum absolute atomic E-state index is 0.264. The molecule has 2 atom stereocenters. The zero-order valence-corrected chi connectivity index (χ0v) is 12.6. The molecule has 2 rings (SSSR count). The molecule has 1 aromatic rings. The fourth-order valence-corrected chi connectivity index (χ4v) is 2.55. The van der Waals surface area contributed by atoms with Gasteiger partial charge in [-0.05, 0) is 24.8 Å². The molecule has 3 N–H and O–H groups in total. The van der Waals surface area contributed by atoms with Crippen molar-refractivity contribution in [1.29, 1.82) is 0 Å². The van der Waals surface area contributed by atoms with Crippen LogP contribution < -0.4 is 5.73 Å². The van der Waals surface area contributed by atoms with E-state index in [0.717, 1.165) is 17.7 Å². The minimum atomic E-state index is 0.264. The van der Waals surface area contributed by atoms with Gasteiger partial charge in [0, 0.05) is 18.8 Å². The van der Waals surface area contributed by atoms with Crippen molar-refractivity contribution in [3.05, 3.63) is 46.8 Å². The quantitative estimate of drug-likeness (QED) is 0.650. The number of aliphatic hydroxyl groups is 1. The van der Waals surface area contributed by atoms with Crippen LogP contribution in [-0.2, 0) is 6.42 Å². The van der Waals surface area contributed by atoms with Gasteiger partial charge in [0.15, 0.2) is 0 Å². The third-order valence-corrected chi connectivity index (χ3v) is 4.19. The second-order valence-electron chi connectivity index (χ2n) is 5.90. The number of benzene rings is 1. The molecule has 0 radical (unpaired) electrons. The lowest BCUT2D eigenvalue weighted by molar-refractivity contribution is 0.290. The zero-order valence-electron chi connectivity index (χ0n) is 12.6. The second-order valence-corrected chi connectivity index (χ2v) is 5.90. The highest BCUT2D eigenvalue weighted by Gasteiger charge is 2.25. The maximum atomic E-state index is 10.0. The summed E-state index contributed by atoms with van der Waals surface area (Å²) in [4.78, 5) is 4.49. The first-order valence-electron chi connectivity index (χ1n) is 7.28. The number of aliphatic imine (C=N–C) groups is 1. The number of allylic oxidation sites excluding steroid dienone is 2. The lowest BCUT2D eigenvalue weighted by Gasteiger charge is -2.26. The fraction of sp³-hybridized carbons (Fsp3) is 0.471. The van der Waals surface area contributed by atoms with Crippen molar-refractivity contribution in [1.82, 2.24) is 0 Å². The molecule has 0 spiro atoms. The Hall–Kier alpha value is -1.77. The van der Waals surface area contributed by atoms with E-state index >= 15 is 0 Å². The maximum absolute atomic E-state index is 10.0. The molecule has 1 aliphatic rings. The number of nitrogens with zero attached hydrogens (tertiary/aromatic N) is 1. The normalized spacial score (nSPS) is 24.1. The van der Waals surface area contributed by atoms with Gasteiger partial charge in [-0.15, -0.1) is 0 Å². The van der Waals surface area contributed by atoms with Crippen molar-refractivity contribution in [2.45, 2.75) is 40.0 Å². The number of hydrogen-bond donors (Lipinski definition) is 2. The Labute approximate surface area is 121 Å². The van der Waals surface area contributed by atoms with Crippen molar-refractivity contribution >= 4 is 5.84 Å². The summed E-state index contributed by atoms with van der Waals surface area (Å²) in [6.45, 7) is 6.37. The number of hydrogen-bond acceptors (Lipinski definition) is 2. The minimum Gasteiger partial charge on any atom is -0.510 e. The first-order chi connectivity index (χ1) is 9.47. The van der Waals surface area contributed by atoms with Crippen LogP contribution in [0.4, 0.5) is 0 Å². The SMILES string of the molecule is Cc1ccc(CC(N)=NC2=C(O)CCC(C)C2C)cc1. The highest BCUT2D eigenvalue weighted by Crippen LogP contribution is 2.33. The van der Waals surface area contributed by atoms with Gasteiger partial charge in [-0.25, -0.2) is 4.99 Å². The Morgan fingerprint density at radius 1 is 1.30 bits per heavy atom. The molecule has 0 bridgehead atoms. The van der Waals surface area contributed by atoms with Crippen LogP contribution in [-0.4, -0.2) is 10.9 Å². The first-order valence-corrected chi connectivity index (χ1v) is 7.28. The number of amidine groups is 1. The van der Waals surface area contributed by atoms with Crippen molar-refractivity contribution < 1.29 is 5.11 Å². The Morgan fingerprint density at radius 3 is 2.60 bits per heavy atom. The third-order valence-electron chi connectivity index (χ3n) is 4.19. The summed E-state index contributed by atoms with van der Waals surface area (Å²) in [6.07, 6.45) is 2.35. The summed E-state index contributed by atoms with van der Waals surface area (Å²) in [5, 5.41) is 10.0. The standard InChI is InChI=1S/C17H24N2O/c1-11-4-7-14(8-5-11)10-16(18)19-17-13(3)12(2)6-9-15(17)20/h4-5,7-8,12-13,20H,6,9-10H2,1-3H3,(H2,18,19). The van der Waals surface area contributed by atoms with E-state index in [9.17, 15) is 5.11 Å². The highest BCUT2D eigenvalue weighted by atomic mass is 16.3. The van der Waals surface area contributed by atoms with E-state index < -0.39 is 0 Å². The average Bonchev–Trinajstić information content (AvgIpc) is 2.42. The fourth-order valence-electron chi connectivity index (χ4n) is 2.55. The predicted molar refractivity (Wildman–Crippen MR) is 83.7 cm³/mol. The van der Waals surface area contributed by atoms with Crippen LogP contribution >= 0.6 is 0 Å². The van der Waals surface area contributed by atoms with Gasteiger partial charge in [0.2, 0.25) is 0 Å². The molecule has 3 heteroatoms. The number of aryl methyl sites for hydroxylation is 1. The summed E-state index contributed by atoms with van der Waals surface area (Å²) >= 11 is 0. The van der Waals surface area contributed by atoms with Gasteiger partial charge in [0.05, 0.1) is 5.70 Å². The molecule has 0 heterocycles. The third kappa shape index (κ3) is 3.41. The van der Waals surface area contributed by atoms with E-state index in [2.05, 4.69) is 50.0 Å².